The predicted octanol–water partition coefficient (Wildman–Crippen LogP) is 1.25. The van der Waals surface area contributed by atoms with Crippen LogP contribution in [0.25, 0.3) is 0 Å². The van der Waals surface area contributed by atoms with Crippen molar-refractivity contribution >= 4 is 11.8 Å². The summed E-state index contributed by atoms with van der Waals surface area (Å²) < 4.78 is 5.18. The van der Waals surface area contributed by atoms with Gasteiger partial charge in [0.15, 0.2) is 0 Å². The van der Waals surface area contributed by atoms with Crippen LogP contribution in [0.1, 0.15) is 5.56 Å². The molecule has 1 saturated heterocycles. The molecule has 16 heavy (non-hydrogen) atoms. The molecule has 1 N–H and O–H groups in total. The molecule has 0 radical (unpaired) electrons. The summed E-state index contributed by atoms with van der Waals surface area (Å²) in [6, 6.07) is 3.63. The molecular weight excluding hydrogens is 206 g/mol. The highest BCUT2D eigenvalue weighted by molar-refractivity contribution is 5.88. The Bertz CT molecular complexity index is 375. The fraction of sp³-hybridized carbons (Fsp3) is 0.455. The van der Waals surface area contributed by atoms with Gasteiger partial charge in [-0.05, 0) is 24.6 Å². The van der Waals surface area contributed by atoms with Gasteiger partial charge in [-0.2, -0.15) is 0 Å². The van der Waals surface area contributed by atoms with Crippen LogP contribution in [0.15, 0.2) is 18.3 Å². The number of anilines is 1. The van der Waals surface area contributed by atoms with E-state index in [1.165, 1.54) is 0 Å². The van der Waals surface area contributed by atoms with Crippen molar-refractivity contribution in [3.8, 4) is 0 Å². The van der Waals surface area contributed by atoms with Crippen molar-refractivity contribution in [2.45, 2.75) is 6.92 Å². The Labute approximate surface area is 94.4 Å². The van der Waals surface area contributed by atoms with Gasteiger partial charge in [0.25, 0.3) is 0 Å². The third-order valence-electron chi connectivity index (χ3n) is 2.45. The normalized spacial score (nSPS) is 15.9. The maximum absolute atomic E-state index is 11.8. The second-order valence-corrected chi connectivity index (χ2v) is 3.75. The molecule has 2 heterocycles. The second-order valence-electron chi connectivity index (χ2n) is 3.75. The molecule has 1 aromatic rings. The van der Waals surface area contributed by atoms with Crippen LogP contribution < -0.4 is 5.32 Å². The van der Waals surface area contributed by atoms with Crippen LogP contribution in [0.5, 0.6) is 0 Å². The lowest BCUT2D eigenvalue weighted by atomic mass is 10.3. The molecule has 0 saturated carbocycles. The van der Waals surface area contributed by atoms with Gasteiger partial charge in [-0.1, -0.05) is 0 Å². The molecule has 5 heteroatoms. The molecule has 1 aliphatic heterocycles. The average molecular weight is 221 g/mol. The zero-order valence-corrected chi connectivity index (χ0v) is 9.27. The lowest BCUT2D eigenvalue weighted by molar-refractivity contribution is 0.0564. The maximum atomic E-state index is 11.8. The Hall–Kier alpha value is -1.62. The number of nitrogens with zero attached hydrogens (tertiary/aromatic N) is 2. The number of rotatable bonds is 1. The lowest BCUT2D eigenvalue weighted by Gasteiger charge is -2.26. The summed E-state index contributed by atoms with van der Waals surface area (Å²) in [6.45, 7) is 4.45. The van der Waals surface area contributed by atoms with Gasteiger partial charge in [-0.3, -0.25) is 5.32 Å². The molecular formula is C11H15N3O2. The molecule has 1 aromatic heterocycles. The molecule has 1 fully saturated rings. The summed E-state index contributed by atoms with van der Waals surface area (Å²) in [5.74, 6) is 0.594. The topological polar surface area (TPSA) is 54.5 Å². The van der Waals surface area contributed by atoms with Crippen LogP contribution >= 0.6 is 0 Å². The molecule has 0 bridgehead atoms. The predicted molar refractivity (Wildman–Crippen MR) is 60.4 cm³/mol. The highest BCUT2D eigenvalue weighted by atomic mass is 16.5. The Morgan fingerprint density at radius 3 is 2.94 bits per heavy atom. The minimum atomic E-state index is -0.110. The van der Waals surface area contributed by atoms with E-state index in [1.54, 1.807) is 11.1 Å². The van der Waals surface area contributed by atoms with Crippen LogP contribution in [0.3, 0.4) is 0 Å². The third kappa shape index (κ3) is 2.70. The van der Waals surface area contributed by atoms with E-state index in [-0.39, 0.29) is 6.03 Å². The van der Waals surface area contributed by atoms with Crippen molar-refractivity contribution in [1.29, 1.82) is 0 Å². The zero-order chi connectivity index (χ0) is 11.4. The van der Waals surface area contributed by atoms with Gasteiger partial charge in [0.2, 0.25) is 0 Å². The molecule has 2 rings (SSSR count). The van der Waals surface area contributed by atoms with Gasteiger partial charge in [-0.25, -0.2) is 9.78 Å². The number of nitrogens with one attached hydrogen (secondary N) is 1. The quantitative estimate of drug-likeness (QED) is 0.776. The minimum Gasteiger partial charge on any atom is -0.378 e. The number of carbonyl (C=O) groups is 1. The van der Waals surface area contributed by atoms with E-state index in [1.807, 2.05) is 19.1 Å². The van der Waals surface area contributed by atoms with Gasteiger partial charge in [-0.15, -0.1) is 0 Å². The third-order valence-corrected chi connectivity index (χ3v) is 2.45. The van der Waals surface area contributed by atoms with Crippen molar-refractivity contribution in [3.63, 3.8) is 0 Å². The van der Waals surface area contributed by atoms with Crippen LogP contribution in [0.4, 0.5) is 10.6 Å². The smallest absolute Gasteiger partial charge is 0.323 e. The SMILES string of the molecule is Cc1ccnc(NC(=O)N2CCOCC2)c1. The molecule has 0 spiro atoms. The maximum Gasteiger partial charge on any atom is 0.323 e. The molecule has 0 aromatic carbocycles. The first-order chi connectivity index (χ1) is 7.75. The van der Waals surface area contributed by atoms with E-state index in [2.05, 4.69) is 10.3 Å². The number of hydrogen-bond acceptors (Lipinski definition) is 3. The van der Waals surface area contributed by atoms with Crippen molar-refractivity contribution in [2.24, 2.45) is 0 Å². The minimum absolute atomic E-state index is 0.110. The fourth-order valence-electron chi connectivity index (χ4n) is 1.56. The number of hydrogen-bond donors (Lipinski definition) is 1. The number of aryl methyl sites for hydroxylation is 1. The standard InChI is InChI=1S/C11H15N3O2/c1-9-2-3-12-10(8-9)13-11(15)14-4-6-16-7-5-14/h2-3,8H,4-7H2,1H3,(H,12,13,15). The summed E-state index contributed by atoms with van der Waals surface area (Å²) in [5.41, 5.74) is 1.08. The van der Waals surface area contributed by atoms with E-state index < -0.39 is 0 Å². The molecule has 0 unspecified atom stereocenters. The molecule has 2 amide bonds. The zero-order valence-electron chi connectivity index (χ0n) is 9.27. The van der Waals surface area contributed by atoms with E-state index in [9.17, 15) is 4.79 Å². The van der Waals surface area contributed by atoms with Crippen LogP contribution in [0.2, 0.25) is 0 Å². The molecule has 1 aliphatic rings. The average Bonchev–Trinajstić information content (AvgIpc) is 2.30. The van der Waals surface area contributed by atoms with E-state index in [4.69, 9.17) is 4.74 Å². The first-order valence-electron chi connectivity index (χ1n) is 5.32. The molecule has 5 nitrogen and oxygen atoms in total. The van der Waals surface area contributed by atoms with Crippen LogP contribution in [-0.4, -0.2) is 42.2 Å². The second kappa shape index (κ2) is 4.94. The Kier molecular flexibility index (Phi) is 3.36. The van der Waals surface area contributed by atoms with E-state index >= 15 is 0 Å². The molecule has 0 aliphatic carbocycles. The summed E-state index contributed by atoms with van der Waals surface area (Å²) in [4.78, 5) is 17.6. The number of carbonyl (C=O) groups excluding carboxylic acids is 1. The number of morpholine rings is 1. The van der Waals surface area contributed by atoms with Crippen LogP contribution in [0, 0.1) is 6.92 Å². The highest BCUT2D eigenvalue weighted by Crippen LogP contribution is 2.07. The highest BCUT2D eigenvalue weighted by Gasteiger charge is 2.16. The monoisotopic (exact) mass is 221 g/mol. The van der Waals surface area contributed by atoms with Gasteiger partial charge in [0, 0.05) is 19.3 Å². The number of ether oxygens (including phenoxy) is 1. The first kappa shape index (κ1) is 10.9. The lowest BCUT2D eigenvalue weighted by Crippen LogP contribution is -2.43. The van der Waals surface area contributed by atoms with Gasteiger partial charge in [0.1, 0.15) is 5.82 Å². The van der Waals surface area contributed by atoms with E-state index in [0.29, 0.717) is 32.1 Å². The molecule has 0 atom stereocenters. The summed E-state index contributed by atoms with van der Waals surface area (Å²) in [5, 5.41) is 2.77. The van der Waals surface area contributed by atoms with E-state index in [0.717, 1.165) is 5.56 Å². The summed E-state index contributed by atoms with van der Waals surface area (Å²) in [7, 11) is 0. The molecule has 86 valence electrons. The summed E-state index contributed by atoms with van der Waals surface area (Å²) in [6.07, 6.45) is 1.68. The van der Waals surface area contributed by atoms with Crippen molar-refractivity contribution in [1.82, 2.24) is 9.88 Å². The van der Waals surface area contributed by atoms with Gasteiger partial charge >= 0.3 is 6.03 Å². The van der Waals surface area contributed by atoms with Crippen molar-refractivity contribution in [2.75, 3.05) is 31.6 Å². The number of pyridine rings is 1. The number of aromatic nitrogens is 1. The largest absolute Gasteiger partial charge is 0.378 e. The Morgan fingerprint density at radius 2 is 2.25 bits per heavy atom. The van der Waals surface area contributed by atoms with Crippen LogP contribution in [-0.2, 0) is 4.74 Å². The van der Waals surface area contributed by atoms with Gasteiger partial charge < -0.3 is 9.64 Å². The Balaban J connectivity index is 1.96. The fourth-order valence-corrected chi connectivity index (χ4v) is 1.56. The summed E-state index contributed by atoms with van der Waals surface area (Å²) >= 11 is 0. The van der Waals surface area contributed by atoms with Gasteiger partial charge in [0.05, 0.1) is 13.2 Å². The Morgan fingerprint density at radius 1 is 1.50 bits per heavy atom. The number of amides is 2. The van der Waals surface area contributed by atoms with Crippen molar-refractivity contribution < 1.29 is 9.53 Å². The number of urea groups is 1. The van der Waals surface area contributed by atoms with Crippen molar-refractivity contribution in [3.05, 3.63) is 23.9 Å². The first-order valence-corrected chi connectivity index (χ1v) is 5.32.